The fourth-order valence-corrected chi connectivity index (χ4v) is 1.95. The second-order valence-corrected chi connectivity index (χ2v) is 5.53. The molecule has 0 aliphatic carbocycles. The van der Waals surface area contributed by atoms with Crippen LogP contribution < -0.4 is 5.32 Å². The van der Waals surface area contributed by atoms with Gasteiger partial charge in [0.15, 0.2) is 0 Å². The molecule has 0 radical (unpaired) electrons. The van der Waals surface area contributed by atoms with Gasteiger partial charge < -0.3 is 10.4 Å². The Morgan fingerprint density at radius 3 is 2.58 bits per heavy atom. The third-order valence-electron chi connectivity index (χ3n) is 3.48. The smallest absolute Gasteiger partial charge is 0.307 e. The van der Waals surface area contributed by atoms with Crippen LogP contribution in [0.2, 0.25) is 0 Å². The Hall–Kier alpha value is -1.35. The SMILES string of the molecule is Cc1ccc(C(C)C)cc1CCNCC(C)C(=O)O. The first kappa shape index (κ1) is 15.7. The Labute approximate surface area is 116 Å². The van der Waals surface area contributed by atoms with E-state index in [1.54, 1.807) is 6.92 Å². The van der Waals surface area contributed by atoms with Crippen LogP contribution in [-0.4, -0.2) is 24.2 Å². The molecule has 19 heavy (non-hydrogen) atoms. The third-order valence-corrected chi connectivity index (χ3v) is 3.48. The lowest BCUT2D eigenvalue weighted by Crippen LogP contribution is -2.28. The van der Waals surface area contributed by atoms with Crippen molar-refractivity contribution in [1.82, 2.24) is 5.32 Å². The van der Waals surface area contributed by atoms with Crippen molar-refractivity contribution in [3.63, 3.8) is 0 Å². The molecule has 1 aromatic rings. The van der Waals surface area contributed by atoms with E-state index in [0.29, 0.717) is 12.5 Å². The van der Waals surface area contributed by atoms with Crippen molar-refractivity contribution in [2.45, 2.75) is 40.0 Å². The highest BCUT2D eigenvalue weighted by molar-refractivity contribution is 5.69. The molecular formula is C16H25NO2. The fraction of sp³-hybridized carbons (Fsp3) is 0.562. The molecule has 0 aliphatic heterocycles. The minimum atomic E-state index is -0.745. The molecule has 0 fully saturated rings. The second kappa shape index (κ2) is 7.29. The molecule has 1 atom stereocenters. The first-order chi connectivity index (χ1) is 8.91. The predicted molar refractivity (Wildman–Crippen MR) is 78.6 cm³/mol. The van der Waals surface area contributed by atoms with Crippen LogP contribution in [0.4, 0.5) is 0 Å². The molecule has 1 rings (SSSR count). The summed E-state index contributed by atoms with van der Waals surface area (Å²) in [5.74, 6) is -0.534. The van der Waals surface area contributed by atoms with Crippen LogP contribution in [0.3, 0.4) is 0 Å². The van der Waals surface area contributed by atoms with Gasteiger partial charge in [0.25, 0.3) is 0 Å². The van der Waals surface area contributed by atoms with E-state index in [0.717, 1.165) is 13.0 Å². The summed E-state index contributed by atoms with van der Waals surface area (Å²) in [6, 6.07) is 6.62. The van der Waals surface area contributed by atoms with Crippen molar-refractivity contribution in [3.05, 3.63) is 34.9 Å². The molecule has 0 amide bonds. The molecule has 3 heteroatoms. The van der Waals surface area contributed by atoms with Gasteiger partial charge in [0.05, 0.1) is 5.92 Å². The average molecular weight is 263 g/mol. The Kier molecular flexibility index (Phi) is 6.03. The van der Waals surface area contributed by atoms with Crippen molar-refractivity contribution >= 4 is 5.97 Å². The summed E-state index contributed by atoms with van der Waals surface area (Å²) >= 11 is 0. The topological polar surface area (TPSA) is 49.3 Å². The van der Waals surface area contributed by atoms with Crippen LogP contribution in [0.5, 0.6) is 0 Å². The Morgan fingerprint density at radius 1 is 1.32 bits per heavy atom. The van der Waals surface area contributed by atoms with Crippen molar-refractivity contribution < 1.29 is 9.90 Å². The van der Waals surface area contributed by atoms with Crippen molar-refractivity contribution in [1.29, 1.82) is 0 Å². The highest BCUT2D eigenvalue weighted by atomic mass is 16.4. The maximum Gasteiger partial charge on any atom is 0.307 e. The molecule has 3 nitrogen and oxygen atoms in total. The molecule has 0 bridgehead atoms. The molecule has 106 valence electrons. The lowest BCUT2D eigenvalue weighted by molar-refractivity contribution is -0.140. The van der Waals surface area contributed by atoms with Gasteiger partial charge in [0, 0.05) is 6.54 Å². The number of carboxylic acid groups (broad SMARTS) is 1. The van der Waals surface area contributed by atoms with Gasteiger partial charge in [-0.15, -0.1) is 0 Å². The zero-order valence-electron chi connectivity index (χ0n) is 12.4. The lowest BCUT2D eigenvalue weighted by Gasteiger charge is -2.12. The van der Waals surface area contributed by atoms with E-state index in [1.165, 1.54) is 16.7 Å². The van der Waals surface area contributed by atoms with Crippen LogP contribution in [0.15, 0.2) is 18.2 Å². The molecular weight excluding hydrogens is 238 g/mol. The van der Waals surface area contributed by atoms with Gasteiger partial charge in [-0.25, -0.2) is 0 Å². The number of hydrogen-bond donors (Lipinski definition) is 2. The number of aryl methyl sites for hydroxylation is 1. The van der Waals surface area contributed by atoms with E-state index in [9.17, 15) is 4.79 Å². The summed E-state index contributed by atoms with van der Waals surface area (Å²) in [6.45, 7) is 9.58. The van der Waals surface area contributed by atoms with E-state index < -0.39 is 5.97 Å². The quantitative estimate of drug-likeness (QED) is 0.744. The molecule has 0 aromatic heterocycles. The van der Waals surface area contributed by atoms with Crippen LogP contribution in [-0.2, 0) is 11.2 Å². The summed E-state index contributed by atoms with van der Waals surface area (Å²) in [6.07, 6.45) is 0.943. The zero-order valence-corrected chi connectivity index (χ0v) is 12.4. The largest absolute Gasteiger partial charge is 0.481 e. The van der Waals surface area contributed by atoms with E-state index in [2.05, 4.69) is 44.3 Å². The first-order valence-electron chi connectivity index (χ1n) is 6.94. The normalized spacial score (nSPS) is 12.7. The molecule has 0 spiro atoms. The van der Waals surface area contributed by atoms with E-state index in [4.69, 9.17) is 5.11 Å². The second-order valence-electron chi connectivity index (χ2n) is 5.53. The summed E-state index contributed by atoms with van der Waals surface area (Å²) in [5, 5.41) is 12.0. The number of carbonyl (C=O) groups is 1. The monoisotopic (exact) mass is 263 g/mol. The Bertz CT molecular complexity index is 427. The van der Waals surface area contributed by atoms with Crippen LogP contribution >= 0.6 is 0 Å². The van der Waals surface area contributed by atoms with Gasteiger partial charge in [0.2, 0.25) is 0 Å². The number of carboxylic acids is 1. The molecule has 2 N–H and O–H groups in total. The van der Waals surface area contributed by atoms with Gasteiger partial charge in [-0.05, 0) is 42.5 Å². The third kappa shape index (κ3) is 5.03. The lowest BCUT2D eigenvalue weighted by atomic mass is 9.96. The summed E-state index contributed by atoms with van der Waals surface area (Å²) in [7, 11) is 0. The minimum Gasteiger partial charge on any atom is -0.481 e. The number of hydrogen-bond acceptors (Lipinski definition) is 2. The van der Waals surface area contributed by atoms with E-state index in [1.807, 2.05) is 0 Å². The summed E-state index contributed by atoms with van der Waals surface area (Å²) in [4.78, 5) is 10.7. The van der Waals surface area contributed by atoms with Crippen molar-refractivity contribution in [3.8, 4) is 0 Å². The summed E-state index contributed by atoms with van der Waals surface area (Å²) < 4.78 is 0. The highest BCUT2D eigenvalue weighted by Gasteiger charge is 2.09. The van der Waals surface area contributed by atoms with Gasteiger partial charge in [-0.2, -0.15) is 0 Å². The van der Waals surface area contributed by atoms with Crippen LogP contribution in [0.25, 0.3) is 0 Å². The molecule has 0 aliphatic rings. The maximum absolute atomic E-state index is 10.7. The van der Waals surface area contributed by atoms with Gasteiger partial charge >= 0.3 is 5.97 Å². The molecule has 1 unspecified atom stereocenters. The van der Waals surface area contributed by atoms with E-state index in [-0.39, 0.29) is 5.92 Å². The minimum absolute atomic E-state index is 0.330. The van der Waals surface area contributed by atoms with Crippen molar-refractivity contribution in [2.24, 2.45) is 5.92 Å². The highest BCUT2D eigenvalue weighted by Crippen LogP contribution is 2.18. The molecule has 1 aromatic carbocycles. The van der Waals surface area contributed by atoms with Crippen LogP contribution in [0.1, 0.15) is 43.4 Å². The number of rotatable bonds is 7. The van der Waals surface area contributed by atoms with Gasteiger partial charge in [-0.1, -0.05) is 39.0 Å². The Balaban J connectivity index is 2.49. The predicted octanol–water partition coefficient (Wildman–Crippen LogP) is 2.97. The summed E-state index contributed by atoms with van der Waals surface area (Å²) in [5.41, 5.74) is 4.01. The first-order valence-corrected chi connectivity index (χ1v) is 6.94. The fourth-order valence-electron chi connectivity index (χ4n) is 1.95. The van der Waals surface area contributed by atoms with Crippen molar-refractivity contribution in [2.75, 3.05) is 13.1 Å². The van der Waals surface area contributed by atoms with E-state index >= 15 is 0 Å². The zero-order chi connectivity index (χ0) is 14.4. The standard InChI is InChI=1S/C16H25NO2/c1-11(2)14-6-5-12(3)15(9-14)7-8-17-10-13(4)16(18)19/h5-6,9,11,13,17H,7-8,10H2,1-4H3,(H,18,19). The molecule has 0 saturated carbocycles. The number of aliphatic carboxylic acids is 1. The average Bonchev–Trinajstić information content (AvgIpc) is 2.35. The van der Waals surface area contributed by atoms with Gasteiger partial charge in [0.1, 0.15) is 0 Å². The number of nitrogens with one attached hydrogen (secondary N) is 1. The molecule has 0 heterocycles. The van der Waals surface area contributed by atoms with Crippen LogP contribution in [0, 0.1) is 12.8 Å². The maximum atomic E-state index is 10.7. The Morgan fingerprint density at radius 2 is 2.00 bits per heavy atom. The van der Waals surface area contributed by atoms with Gasteiger partial charge in [-0.3, -0.25) is 4.79 Å². The number of benzene rings is 1. The molecule has 0 saturated heterocycles.